The van der Waals surface area contributed by atoms with E-state index in [0.717, 1.165) is 18.9 Å². The van der Waals surface area contributed by atoms with Gasteiger partial charge in [0.2, 0.25) is 10.0 Å². The van der Waals surface area contributed by atoms with Gasteiger partial charge in [-0.1, -0.05) is 11.6 Å². The zero-order chi connectivity index (χ0) is 14.9. The molecule has 0 saturated heterocycles. The van der Waals surface area contributed by atoms with Gasteiger partial charge in [0, 0.05) is 23.0 Å². The Morgan fingerprint density at radius 3 is 2.64 bits per heavy atom. The number of anilines is 1. The average Bonchev–Trinajstić information content (AvgIpc) is 2.82. The van der Waals surface area contributed by atoms with Crippen molar-refractivity contribution < 1.29 is 12.8 Å². The summed E-state index contributed by atoms with van der Waals surface area (Å²) in [5.74, 6) is 0.133. The Kier molecular flexibility index (Phi) is 8.43. The van der Waals surface area contributed by atoms with Crippen molar-refractivity contribution in [2.75, 3.05) is 24.1 Å². The van der Waals surface area contributed by atoms with Crippen LogP contribution in [-0.2, 0) is 16.4 Å². The Balaban J connectivity index is 0.00000220. The van der Waals surface area contributed by atoms with Gasteiger partial charge < -0.3 is 5.32 Å². The van der Waals surface area contributed by atoms with Gasteiger partial charge in [0.05, 0.1) is 23.5 Å². The van der Waals surface area contributed by atoms with Crippen LogP contribution in [-0.4, -0.2) is 33.6 Å². The molecule has 2 rings (SSSR count). The van der Waals surface area contributed by atoms with Crippen LogP contribution >= 0.6 is 52.3 Å². The maximum absolute atomic E-state index is 14.1. The molecule has 0 radical (unpaired) electrons. The summed E-state index contributed by atoms with van der Waals surface area (Å²) in [5, 5.41) is 3.16. The van der Waals surface area contributed by atoms with E-state index in [4.69, 9.17) is 11.6 Å². The maximum Gasteiger partial charge on any atom is 0.229 e. The van der Waals surface area contributed by atoms with Crippen LogP contribution in [0.2, 0.25) is 5.02 Å². The van der Waals surface area contributed by atoms with Gasteiger partial charge in [-0.05, 0) is 22.0 Å². The summed E-state index contributed by atoms with van der Waals surface area (Å²) in [6.07, 6.45) is 1.24. The highest BCUT2D eigenvalue weighted by Gasteiger charge is 2.19. The average molecular weight is 458 g/mol. The molecule has 1 aromatic carbocycles. The van der Waals surface area contributed by atoms with Crippen LogP contribution in [0.5, 0.6) is 0 Å². The third-order valence-corrected chi connectivity index (χ3v) is 4.72. The predicted molar refractivity (Wildman–Crippen MR) is 96.1 cm³/mol. The normalized spacial score (nSPS) is 13.5. The molecule has 0 amide bonds. The zero-order valence-electron chi connectivity index (χ0n) is 11.3. The fraction of sp³-hybridized carbons (Fsp3) is 0.364. The van der Waals surface area contributed by atoms with Gasteiger partial charge in [-0.3, -0.25) is 9.71 Å². The minimum absolute atomic E-state index is 0. The lowest BCUT2D eigenvalue weighted by atomic mass is 10.1. The van der Waals surface area contributed by atoms with Gasteiger partial charge in [0.25, 0.3) is 0 Å². The molecule has 0 unspecified atom stereocenters. The number of nitrogens with zero attached hydrogens (tertiary/aromatic N) is 1. The second-order valence-corrected chi connectivity index (χ2v) is 7.24. The van der Waals surface area contributed by atoms with Crippen molar-refractivity contribution in [2.24, 2.45) is 4.99 Å². The van der Waals surface area contributed by atoms with Crippen LogP contribution in [0.3, 0.4) is 0 Å². The van der Waals surface area contributed by atoms with E-state index in [9.17, 15) is 12.8 Å². The summed E-state index contributed by atoms with van der Waals surface area (Å²) in [4.78, 5) is 4.19. The van der Waals surface area contributed by atoms with Gasteiger partial charge >= 0.3 is 0 Å². The first-order valence-corrected chi connectivity index (χ1v) is 8.75. The summed E-state index contributed by atoms with van der Waals surface area (Å²) in [6, 6.07) is 1.07. The number of hydrogen-bond acceptors (Lipinski definition) is 4. The second kappa shape index (κ2) is 8.54. The van der Waals surface area contributed by atoms with E-state index in [2.05, 4.69) is 31.0 Å². The summed E-state index contributed by atoms with van der Waals surface area (Å²) >= 11 is 9.27. The van der Waals surface area contributed by atoms with E-state index in [-0.39, 0.29) is 41.9 Å². The van der Waals surface area contributed by atoms with Gasteiger partial charge in [-0.25, -0.2) is 12.8 Å². The summed E-state index contributed by atoms with van der Waals surface area (Å²) < 4.78 is 39.0. The van der Waals surface area contributed by atoms with Crippen LogP contribution in [0.1, 0.15) is 5.56 Å². The number of nitrogens with one attached hydrogen (secondary N) is 2. The van der Waals surface area contributed by atoms with E-state index in [1.807, 2.05) is 0 Å². The zero-order valence-corrected chi connectivity index (χ0v) is 16.1. The minimum atomic E-state index is -3.53. The predicted octanol–water partition coefficient (Wildman–Crippen LogP) is 3.00. The van der Waals surface area contributed by atoms with Crippen molar-refractivity contribution in [2.45, 2.75) is 6.42 Å². The van der Waals surface area contributed by atoms with Crippen LogP contribution in [0.25, 0.3) is 0 Å². The lowest BCUT2D eigenvalue weighted by Crippen LogP contribution is -2.21. The summed E-state index contributed by atoms with van der Waals surface area (Å²) in [7, 11) is -3.53. The van der Waals surface area contributed by atoms with Crippen LogP contribution in [0.15, 0.2) is 15.5 Å². The largest absolute Gasteiger partial charge is 0.372 e. The van der Waals surface area contributed by atoms with Gasteiger partial charge in [-0.15, -0.1) is 24.8 Å². The van der Waals surface area contributed by atoms with Crippen molar-refractivity contribution in [3.8, 4) is 0 Å². The third kappa shape index (κ3) is 5.42. The van der Waals surface area contributed by atoms with E-state index >= 15 is 0 Å². The van der Waals surface area contributed by atoms with Crippen LogP contribution in [0.4, 0.5) is 10.1 Å². The van der Waals surface area contributed by atoms with Crippen molar-refractivity contribution >= 4 is 73.9 Å². The lowest BCUT2D eigenvalue weighted by Gasteiger charge is -2.13. The van der Waals surface area contributed by atoms with Crippen molar-refractivity contribution in [3.63, 3.8) is 0 Å². The first kappa shape index (κ1) is 21.7. The molecule has 126 valence electrons. The Labute approximate surface area is 154 Å². The van der Waals surface area contributed by atoms with Crippen LogP contribution in [0, 0.1) is 5.82 Å². The highest BCUT2D eigenvalue weighted by Crippen LogP contribution is 2.36. The molecule has 1 aromatic rings. The molecule has 0 aliphatic carbocycles. The Hall–Kier alpha value is -0.280. The Morgan fingerprint density at radius 1 is 1.50 bits per heavy atom. The molecule has 0 fully saturated rings. The van der Waals surface area contributed by atoms with Crippen molar-refractivity contribution in [3.05, 3.63) is 26.9 Å². The van der Waals surface area contributed by atoms with Crippen molar-refractivity contribution in [1.29, 1.82) is 0 Å². The van der Waals surface area contributed by atoms with Gasteiger partial charge in [-0.2, -0.15) is 0 Å². The first-order valence-electron chi connectivity index (χ1n) is 5.69. The van der Waals surface area contributed by atoms with Crippen molar-refractivity contribution in [1.82, 2.24) is 5.32 Å². The molecule has 0 atom stereocenters. The number of halogens is 5. The van der Waals surface area contributed by atoms with E-state index in [1.165, 1.54) is 0 Å². The molecule has 0 saturated carbocycles. The molecule has 1 heterocycles. The quantitative estimate of drug-likeness (QED) is 0.683. The molecule has 11 heteroatoms. The van der Waals surface area contributed by atoms with Gasteiger partial charge in [0.15, 0.2) is 0 Å². The standard InChI is InChI=1S/C11H12BrClFN3O2S.2ClH/c1-20(18,19)17-8-5-7(14)6(10(12)11(8)13)4-9-15-2-3-16-9;;/h5,17H,2-4H2,1H3,(H,15,16);2*1H. The first-order chi connectivity index (χ1) is 9.28. The highest BCUT2D eigenvalue weighted by atomic mass is 79.9. The fourth-order valence-corrected chi connectivity index (χ4v) is 3.18. The molecule has 2 N–H and O–H groups in total. The number of rotatable bonds is 4. The molecule has 0 aromatic heterocycles. The summed E-state index contributed by atoms with van der Waals surface area (Å²) in [6.45, 7) is 1.39. The number of benzene rings is 1. The Bertz CT molecular complexity index is 686. The molecule has 1 aliphatic heterocycles. The summed E-state index contributed by atoms with van der Waals surface area (Å²) in [5.41, 5.74) is 0.339. The van der Waals surface area contributed by atoms with Gasteiger partial charge in [0.1, 0.15) is 11.7 Å². The number of aliphatic imine (C=N–C) groups is 1. The maximum atomic E-state index is 14.1. The molecule has 5 nitrogen and oxygen atoms in total. The van der Waals surface area contributed by atoms with E-state index in [1.54, 1.807) is 0 Å². The molecular formula is C11H14BrCl3FN3O2S. The van der Waals surface area contributed by atoms with E-state index in [0.29, 0.717) is 22.4 Å². The SMILES string of the molecule is CS(=O)(=O)Nc1cc(F)c(CC2=NCCN2)c(Br)c1Cl.Cl.Cl. The molecule has 22 heavy (non-hydrogen) atoms. The highest BCUT2D eigenvalue weighted by molar-refractivity contribution is 9.10. The monoisotopic (exact) mass is 455 g/mol. The minimum Gasteiger partial charge on any atom is -0.372 e. The topological polar surface area (TPSA) is 70.6 Å². The second-order valence-electron chi connectivity index (χ2n) is 4.32. The van der Waals surface area contributed by atoms with Crippen LogP contribution < -0.4 is 10.0 Å². The van der Waals surface area contributed by atoms with E-state index < -0.39 is 15.8 Å². The molecule has 0 bridgehead atoms. The lowest BCUT2D eigenvalue weighted by molar-refractivity contribution is 0.606. The fourth-order valence-electron chi connectivity index (χ4n) is 1.80. The Morgan fingerprint density at radius 2 is 2.14 bits per heavy atom. The smallest absolute Gasteiger partial charge is 0.229 e. The molecule has 0 spiro atoms. The molecule has 1 aliphatic rings. The number of amidine groups is 1. The third-order valence-electron chi connectivity index (χ3n) is 2.64. The number of hydrogen-bond donors (Lipinski definition) is 2. The number of sulfonamides is 1. The molecular weight excluding hydrogens is 443 g/mol.